The molecule has 0 aliphatic heterocycles. The average molecular weight is 421 g/mol. The number of nitrogens with one attached hydrogen (secondary N) is 1. The van der Waals surface area contributed by atoms with Crippen LogP contribution in [0.2, 0.25) is 0 Å². The quantitative estimate of drug-likeness (QED) is 0.574. The van der Waals surface area contributed by atoms with Crippen molar-refractivity contribution in [1.82, 2.24) is 14.9 Å². The molecule has 1 heterocycles. The Kier molecular flexibility index (Phi) is 7.43. The lowest BCUT2D eigenvalue weighted by atomic mass is 10.1. The number of amides is 1. The number of rotatable bonds is 9. The van der Waals surface area contributed by atoms with Gasteiger partial charge in [-0.3, -0.25) is 14.2 Å². The van der Waals surface area contributed by atoms with Crippen molar-refractivity contribution in [2.24, 2.45) is 0 Å². The zero-order chi connectivity index (χ0) is 22.2. The Hall–Kier alpha value is -3.61. The minimum absolute atomic E-state index is 0.183. The van der Waals surface area contributed by atoms with E-state index in [4.69, 9.17) is 9.47 Å². The molecule has 0 bridgehead atoms. The molecule has 0 fully saturated rings. The molecule has 0 saturated heterocycles. The Morgan fingerprint density at radius 2 is 1.90 bits per heavy atom. The van der Waals surface area contributed by atoms with Crippen LogP contribution in [0.1, 0.15) is 19.4 Å². The third-order valence-corrected chi connectivity index (χ3v) is 4.66. The van der Waals surface area contributed by atoms with Crippen molar-refractivity contribution in [3.05, 3.63) is 76.8 Å². The standard InChI is InChI=1S/C24H27N3O4/c1-4-30-20-10-8-19(9-11-20)22-15-23(28)27(16-26-22)13-12-25-24(29)18(3)31-21-7-5-6-17(2)14-21/h5-11,14-16,18H,4,12-13H2,1-3H3,(H,25,29). The van der Waals surface area contributed by atoms with E-state index >= 15 is 0 Å². The van der Waals surface area contributed by atoms with Gasteiger partial charge in [-0.2, -0.15) is 0 Å². The van der Waals surface area contributed by atoms with E-state index in [0.29, 0.717) is 31.1 Å². The third-order valence-electron chi connectivity index (χ3n) is 4.66. The van der Waals surface area contributed by atoms with E-state index in [1.54, 1.807) is 6.92 Å². The molecule has 1 N–H and O–H groups in total. The summed E-state index contributed by atoms with van der Waals surface area (Å²) in [5.41, 5.74) is 2.31. The summed E-state index contributed by atoms with van der Waals surface area (Å²) in [6, 6.07) is 16.5. The van der Waals surface area contributed by atoms with Crippen LogP contribution in [0.25, 0.3) is 11.3 Å². The molecular weight excluding hydrogens is 394 g/mol. The van der Waals surface area contributed by atoms with Gasteiger partial charge in [0, 0.05) is 24.7 Å². The second-order valence-electron chi connectivity index (χ2n) is 7.13. The second-order valence-corrected chi connectivity index (χ2v) is 7.13. The molecule has 1 aromatic heterocycles. The fraction of sp³-hybridized carbons (Fsp3) is 0.292. The van der Waals surface area contributed by atoms with E-state index in [0.717, 1.165) is 16.9 Å². The normalized spacial score (nSPS) is 11.6. The van der Waals surface area contributed by atoms with Gasteiger partial charge in [0.1, 0.15) is 11.5 Å². The average Bonchev–Trinajstić information content (AvgIpc) is 2.75. The van der Waals surface area contributed by atoms with Crippen LogP contribution in [0.4, 0.5) is 0 Å². The molecule has 0 spiro atoms. The van der Waals surface area contributed by atoms with Crippen LogP contribution in [0.15, 0.2) is 65.7 Å². The van der Waals surface area contributed by atoms with Gasteiger partial charge in [-0.1, -0.05) is 12.1 Å². The predicted molar refractivity (Wildman–Crippen MR) is 119 cm³/mol. The molecule has 3 rings (SSSR count). The smallest absolute Gasteiger partial charge is 0.260 e. The number of carbonyl (C=O) groups is 1. The Bertz CT molecular complexity index is 1080. The molecule has 0 aliphatic carbocycles. The third kappa shape index (κ3) is 6.18. The van der Waals surface area contributed by atoms with Gasteiger partial charge in [-0.05, 0) is 62.7 Å². The van der Waals surface area contributed by atoms with Crippen LogP contribution in [0, 0.1) is 6.92 Å². The molecule has 7 nitrogen and oxygen atoms in total. The van der Waals surface area contributed by atoms with Crippen LogP contribution in [0.5, 0.6) is 11.5 Å². The van der Waals surface area contributed by atoms with Crippen LogP contribution in [-0.2, 0) is 11.3 Å². The summed E-state index contributed by atoms with van der Waals surface area (Å²) >= 11 is 0. The molecule has 0 radical (unpaired) electrons. The maximum absolute atomic E-state index is 12.4. The summed E-state index contributed by atoms with van der Waals surface area (Å²) in [4.78, 5) is 29.1. The first-order valence-electron chi connectivity index (χ1n) is 10.3. The molecular formula is C24H27N3O4. The minimum atomic E-state index is -0.640. The first-order chi connectivity index (χ1) is 15.0. The SMILES string of the molecule is CCOc1ccc(-c2cc(=O)n(CCNC(=O)C(C)Oc3cccc(C)c3)cn2)cc1. The number of hydrogen-bond acceptors (Lipinski definition) is 5. The number of nitrogens with zero attached hydrogens (tertiary/aromatic N) is 2. The largest absolute Gasteiger partial charge is 0.494 e. The number of ether oxygens (including phenoxy) is 2. The molecule has 7 heteroatoms. The number of aryl methyl sites for hydroxylation is 1. The van der Waals surface area contributed by atoms with E-state index in [2.05, 4.69) is 10.3 Å². The van der Waals surface area contributed by atoms with Crippen LogP contribution in [-0.4, -0.2) is 34.7 Å². The maximum atomic E-state index is 12.4. The van der Waals surface area contributed by atoms with Gasteiger partial charge in [0.15, 0.2) is 6.10 Å². The van der Waals surface area contributed by atoms with Gasteiger partial charge in [0.25, 0.3) is 11.5 Å². The van der Waals surface area contributed by atoms with Gasteiger partial charge in [-0.15, -0.1) is 0 Å². The van der Waals surface area contributed by atoms with Gasteiger partial charge in [0.2, 0.25) is 0 Å². The summed E-state index contributed by atoms with van der Waals surface area (Å²) < 4.78 is 12.6. The fourth-order valence-corrected chi connectivity index (χ4v) is 3.03. The molecule has 0 aliphatic rings. The van der Waals surface area contributed by atoms with Crippen molar-refractivity contribution in [2.75, 3.05) is 13.2 Å². The van der Waals surface area contributed by atoms with Crippen molar-refractivity contribution in [2.45, 2.75) is 33.4 Å². The summed E-state index contributed by atoms with van der Waals surface area (Å²) in [5, 5.41) is 2.79. The summed E-state index contributed by atoms with van der Waals surface area (Å²) in [7, 11) is 0. The summed E-state index contributed by atoms with van der Waals surface area (Å²) in [6.07, 6.45) is 0.853. The van der Waals surface area contributed by atoms with Crippen molar-refractivity contribution < 1.29 is 14.3 Å². The van der Waals surface area contributed by atoms with E-state index < -0.39 is 6.10 Å². The summed E-state index contributed by atoms with van der Waals surface area (Å²) in [6.45, 7) is 6.79. The van der Waals surface area contributed by atoms with Crippen molar-refractivity contribution in [1.29, 1.82) is 0 Å². The highest BCUT2D eigenvalue weighted by Crippen LogP contribution is 2.19. The second kappa shape index (κ2) is 10.4. The highest BCUT2D eigenvalue weighted by molar-refractivity contribution is 5.80. The zero-order valence-electron chi connectivity index (χ0n) is 18.0. The van der Waals surface area contributed by atoms with Gasteiger partial charge >= 0.3 is 0 Å². The Morgan fingerprint density at radius 1 is 1.13 bits per heavy atom. The van der Waals surface area contributed by atoms with Gasteiger partial charge in [-0.25, -0.2) is 4.98 Å². The molecule has 1 unspecified atom stereocenters. The lowest BCUT2D eigenvalue weighted by molar-refractivity contribution is -0.127. The molecule has 1 atom stereocenters. The summed E-state index contributed by atoms with van der Waals surface area (Å²) in [5.74, 6) is 1.18. The first kappa shape index (κ1) is 22.1. The van der Waals surface area contributed by atoms with Crippen molar-refractivity contribution in [3.63, 3.8) is 0 Å². The first-order valence-corrected chi connectivity index (χ1v) is 10.3. The lowest BCUT2D eigenvalue weighted by Crippen LogP contribution is -2.38. The minimum Gasteiger partial charge on any atom is -0.494 e. The number of benzene rings is 2. The molecule has 31 heavy (non-hydrogen) atoms. The molecule has 2 aromatic carbocycles. The predicted octanol–water partition coefficient (Wildman–Crippen LogP) is 3.20. The Morgan fingerprint density at radius 3 is 2.58 bits per heavy atom. The van der Waals surface area contributed by atoms with Crippen LogP contribution >= 0.6 is 0 Å². The van der Waals surface area contributed by atoms with Crippen molar-refractivity contribution >= 4 is 5.91 Å². The van der Waals surface area contributed by atoms with Crippen LogP contribution < -0.4 is 20.3 Å². The van der Waals surface area contributed by atoms with E-state index in [-0.39, 0.29) is 11.5 Å². The Labute approximate surface area is 181 Å². The van der Waals surface area contributed by atoms with E-state index in [9.17, 15) is 9.59 Å². The monoisotopic (exact) mass is 421 g/mol. The lowest BCUT2D eigenvalue weighted by Gasteiger charge is -2.15. The highest BCUT2D eigenvalue weighted by Gasteiger charge is 2.14. The molecule has 1 amide bonds. The maximum Gasteiger partial charge on any atom is 0.260 e. The van der Waals surface area contributed by atoms with Gasteiger partial charge in [0.05, 0.1) is 18.6 Å². The Balaban J connectivity index is 1.53. The zero-order valence-corrected chi connectivity index (χ0v) is 18.0. The van der Waals surface area contributed by atoms with Gasteiger partial charge < -0.3 is 14.8 Å². The number of hydrogen-bond donors (Lipinski definition) is 1. The molecule has 3 aromatic rings. The van der Waals surface area contributed by atoms with Crippen molar-refractivity contribution in [3.8, 4) is 22.8 Å². The topological polar surface area (TPSA) is 82.5 Å². The number of carbonyl (C=O) groups excluding carboxylic acids is 1. The number of aromatic nitrogens is 2. The molecule has 162 valence electrons. The van der Waals surface area contributed by atoms with E-state index in [1.807, 2.05) is 62.4 Å². The van der Waals surface area contributed by atoms with Crippen LogP contribution in [0.3, 0.4) is 0 Å². The van der Waals surface area contributed by atoms with E-state index in [1.165, 1.54) is 17.0 Å². The highest BCUT2D eigenvalue weighted by atomic mass is 16.5. The molecule has 0 saturated carbocycles. The fourth-order valence-electron chi connectivity index (χ4n) is 3.03.